The van der Waals surface area contributed by atoms with E-state index in [1.54, 1.807) is 25.1 Å². The van der Waals surface area contributed by atoms with Crippen LogP contribution in [0, 0.1) is 0 Å². The van der Waals surface area contributed by atoms with E-state index in [1.165, 1.54) is 0 Å². The summed E-state index contributed by atoms with van der Waals surface area (Å²) in [6.07, 6.45) is -0.336. The van der Waals surface area contributed by atoms with Gasteiger partial charge < -0.3 is 15.2 Å². The van der Waals surface area contributed by atoms with Crippen LogP contribution in [0.4, 0.5) is 0 Å². The van der Waals surface area contributed by atoms with Gasteiger partial charge >= 0.3 is 0 Å². The van der Waals surface area contributed by atoms with Crippen LogP contribution in [0.1, 0.15) is 13.3 Å². The molecule has 0 aromatic heterocycles. The Hall–Kier alpha value is -0.970. The molecule has 0 heterocycles. The molecule has 100 valence electrons. The zero-order valence-electron chi connectivity index (χ0n) is 9.95. The fraction of sp³-hybridized carbons (Fsp3) is 0.417. The third-order valence-corrected chi connectivity index (χ3v) is 2.82. The summed E-state index contributed by atoms with van der Waals surface area (Å²) >= 11 is 11.6. The minimum atomic E-state index is -0.551. The Labute approximate surface area is 116 Å². The molecule has 0 radical (unpaired) electrons. The summed E-state index contributed by atoms with van der Waals surface area (Å²) in [5.41, 5.74) is 0. The molecule has 1 rings (SSSR count). The number of halogens is 2. The maximum Gasteiger partial charge on any atom is 0.223 e. The Morgan fingerprint density at radius 3 is 2.78 bits per heavy atom. The SMILES string of the molecule is C[C@@H](O)CNC(=O)CCOc1ccc(Cl)c(Cl)c1. The van der Waals surface area contributed by atoms with Gasteiger partial charge in [0.2, 0.25) is 5.91 Å². The summed E-state index contributed by atoms with van der Waals surface area (Å²) in [6.45, 7) is 2.09. The van der Waals surface area contributed by atoms with Crippen molar-refractivity contribution >= 4 is 29.1 Å². The summed E-state index contributed by atoms with van der Waals surface area (Å²) < 4.78 is 5.35. The van der Waals surface area contributed by atoms with Crippen molar-refractivity contribution in [2.45, 2.75) is 19.4 Å². The molecule has 0 saturated carbocycles. The Morgan fingerprint density at radius 2 is 2.17 bits per heavy atom. The average molecular weight is 292 g/mol. The van der Waals surface area contributed by atoms with E-state index >= 15 is 0 Å². The highest BCUT2D eigenvalue weighted by Crippen LogP contribution is 2.26. The Bertz CT molecular complexity index is 410. The number of rotatable bonds is 6. The largest absolute Gasteiger partial charge is 0.493 e. The molecular weight excluding hydrogens is 277 g/mol. The van der Waals surface area contributed by atoms with Gasteiger partial charge in [0.05, 0.1) is 29.2 Å². The van der Waals surface area contributed by atoms with Crippen LogP contribution in [0.5, 0.6) is 5.75 Å². The molecule has 0 bridgehead atoms. The lowest BCUT2D eigenvalue weighted by molar-refractivity contribution is -0.122. The second kappa shape index (κ2) is 7.46. The Balaban J connectivity index is 2.28. The number of amides is 1. The van der Waals surface area contributed by atoms with Crippen molar-refractivity contribution in [3.05, 3.63) is 28.2 Å². The Kier molecular flexibility index (Phi) is 6.25. The normalized spacial score (nSPS) is 12.0. The number of nitrogens with one attached hydrogen (secondary N) is 1. The number of aliphatic hydroxyl groups is 1. The van der Waals surface area contributed by atoms with Crippen LogP contribution in [-0.2, 0) is 4.79 Å². The fourth-order valence-electron chi connectivity index (χ4n) is 1.18. The van der Waals surface area contributed by atoms with Crippen LogP contribution in [0.15, 0.2) is 18.2 Å². The van der Waals surface area contributed by atoms with Crippen LogP contribution in [-0.4, -0.2) is 30.3 Å². The van der Waals surface area contributed by atoms with Crippen molar-refractivity contribution in [3.63, 3.8) is 0 Å². The van der Waals surface area contributed by atoms with Gasteiger partial charge in [-0.15, -0.1) is 0 Å². The number of hydrogen-bond acceptors (Lipinski definition) is 3. The predicted octanol–water partition coefficient (Wildman–Crippen LogP) is 2.26. The van der Waals surface area contributed by atoms with E-state index < -0.39 is 6.10 Å². The van der Waals surface area contributed by atoms with Gasteiger partial charge in [-0.1, -0.05) is 23.2 Å². The van der Waals surface area contributed by atoms with E-state index in [4.69, 9.17) is 33.0 Å². The van der Waals surface area contributed by atoms with Crippen molar-refractivity contribution in [1.82, 2.24) is 5.32 Å². The number of aliphatic hydroxyl groups excluding tert-OH is 1. The van der Waals surface area contributed by atoms with Gasteiger partial charge in [0.15, 0.2) is 0 Å². The molecule has 18 heavy (non-hydrogen) atoms. The quantitative estimate of drug-likeness (QED) is 0.845. The van der Waals surface area contributed by atoms with Crippen LogP contribution < -0.4 is 10.1 Å². The van der Waals surface area contributed by atoms with Crippen molar-refractivity contribution in [2.75, 3.05) is 13.2 Å². The minimum absolute atomic E-state index is 0.170. The average Bonchev–Trinajstić information content (AvgIpc) is 2.31. The minimum Gasteiger partial charge on any atom is -0.493 e. The van der Waals surface area contributed by atoms with Crippen molar-refractivity contribution in [3.8, 4) is 5.75 Å². The summed E-state index contributed by atoms with van der Waals surface area (Å²) in [4.78, 5) is 11.3. The zero-order valence-corrected chi connectivity index (χ0v) is 11.5. The second-order valence-corrected chi connectivity index (χ2v) is 4.64. The maximum absolute atomic E-state index is 11.3. The highest BCUT2D eigenvalue weighted by molar-refractivity contribution is 6.42. The zero-order chi connectivity index (χ0) is 13.5. The fourth-order valence-corrected chi connectivity index (χ4v) is 1.47. The molecule has 0 fully saturated rings. The second-order valence-electron chi connectivity index (χ2n) is 3.83. The molecule has 1 aromatic carbocycles. The van der Waals surface area contributed by atoms with E-state index in [9.17, 15) is 4.79 Å². The monoisotopic (exact) mass is 291 g/mol. The predicted molar refractivity (Wildman–Crippen MR) is 71.3 cm³/mol. The Morgan fingerprint density at radius 1 is 1.44 bits per heavy atom. The summed E-state index contributed by atoms with van der Waals surface area (Å²) in [5, 5.41) is 12.4. The van der Waals surface area contributed by atoms with Gasteiger partial charge in [-0.05, 0) is 19.1 Å². The lowest BCUT2D eigenvalue weighted by Crippen LogP contribution is -2.31. The van der Waals surface area contributed by atoms with E-state index in [0.717, 1.165) is 0 Å². The first-order chi connectivity index (χ1) is 8.49. The standard InChI is InChI=1S/C12H15Cl2NO3/c1-8(16)7-15-12(17)4-5-18-9-2-3-10(13)11(14)6-9/h2-3,6,8,16H,4-5,7H2,1H3,(H,15,17)/t8-/m1/s1. The number of carbonyl (C=O) groups is 1. The third-order valence-electron chi connectivity index (χ3n) is 2.08. The molecular formula is C12H15Cl2NO3. The summed E-state index contributed by atoms with van der Waals surface area (Å²) in [7, 11) is 0. The lowest BCUT2D eigenvalue weighted by atomic mass is 10.3. The molecule has 1 aromatic rings. The summed E-state index contributed by atoms with van der Waals surface area (Å²) in [5.74, 6) is 0.392. The van der Waals surface area contributed by atoms with Gasteiger partial charge in [0, 0.05) is 12.6 Å². The van der Waals surface area contributed by atoms with Crippen molar-refractivity contribution < 1.29 is 14.6 Å². The molecule has 0 saturated heterocycles. The first kappa shape index (κ1) is 15.1. The number of carbonyl (C=O) groups excluding carboxylic acids is 1. The van der Waals surface area contributed by atoms with Gasteiger partial charge in [0.25, 0.3) is 0 Å². The third kappa shape index (κ3) is 5.58. The summed E-state index contributed by atoms with van der Waals surface area (Å²) in [6, 6.07) is 4.91. The molecule has 0 aliphatic rings. The first-order valence-electron chi connectivity index (χ1n) is 5.51. The maximum atomic E-state index is 11.3. The van der Waals surface area contributed by atoms with E-state index in [0.29, 0.717) is 15.8 Å². The van der Waals surface area contributed by atoms with E-state index in [2.05, 4.69) is 5.32 Å². The van der Waals surface area contributed by atoms with E-state index in [1.807, 2.05) is 0 Å². The van der Waals surface area contributed by atoms with Crippen molar-refractivity contribution in [1.29, 1.82) is 0 Å². The number of ether oxygens (including phenoxy) is 1. The topological polar surface area (TPSA) is 58.6 Å². The molecule has 0 aliphatic heterocycles. The van der Waals surface area contributed by atoms with Crippen LogP contribution in [0.25, 0.3) is 0 Å². The van der Waals surface area contributed by atoms with Crippen LogP contribution in [0.2, 0.25) is 10.0 Å². The molecule has 1 amide bonds. The lowest BCUT2D eigenvalue weighted by Gasteiger charge is -2.09. The molecule has 6 heteroatoms. The molecule has 4 nitrogen and oxygen atoms in total. The molecule has 1 atom stereocenters. The molecule has 0 aliphatic carbocycles. The molecule has 2 N–H and O–H groups in total. The van der Waals surface area contributed by atoms with Gasteiger partial charge in [-0.25, -0.2) is 0 Å². The van der Waals surface area contributed by atoms with Crippen molar-refractivity contribution in [2.24, 2.45) is 0 Å². The number of hydrogen-bond donors (Lipinski definition) is 2. The van der Waals surface area contributed by atoms with Gasteiger partial charge in [-0.3, -0.25) is 4.79 Å². The van der Waals surface area contributed by atoms with Crippen LogP contribution >= 0.6 is 23.2 Å². The highest BCUT2D eigenvalue weighted by Gasteiger charge is 2.04. The number of benzene rings is 1. The molecule has 0 unspecified atom stereocenters. The first-order valence-corrected chi connectivity index (χ1v) is 6.27. The van der Waals surface area contributed by atoms with Crippen LogP contribution in [0.3, 0.4) is 0 Å². The highest BCUT2D eigenvalue weighted by atomic mass is 35.5. The van der Waals surface area contributed by atoms with Gasteiger partial charge in [-0.2, -0.15) is 0 Å². The van der Waals surface area contributed by atoms with E-state index in [-0.39, 0.29) is 25.5 Å². The molecule has 0 spiro atoms. The van der Waals surface area contributed by atoms with Gasteiger partial charge in [0.1, 0.15) is 5.75 Å². The smallest absolute Gasteiger partial charge is 0.223 e.